The summed E-state index contributed by atoms with van der Waals surface area (Å²) < 4.78 is 2.32. The number of nitrogens with zero attached hydrogens (tertiary/aromatic N) is 2. The fourth-order valence-electron chi connectivity index (χ4n) is 3.20. The Kier molecular flexibility index (Phi) is 3.99. The Bertz CT molecular complexity index is 597. The third-order valence-electron chi connectivity index (χ3n) is 4.18. The quantitative estimate of drug-likeness (QED) is 0.932. The van der Waals surface area contributed by atoms with Crippen molar-refractivity contribution < 1.29 is 0 Å². The second-order valence-electron chi connectivity index (χ2n) is 6.00. The molecule has 0 bridgehead atoms. The highest BCUT2D eigenvalue weighted by Crippen LogP contribution is 2.29. The second kappa shape index (κ2) is 5.74. The van der Waals surface area contributed by atoms with E-state index in [4.69, 9.17) is 16.6 Å². The molecule has 3 nitrogen and oxygen atoms in total. The molecule has 3 rings (SSSR count). The maximum atomic E-state index is 6.39. The van der Waals surface area contributed by atoms with E-state index in [9.17, 15) is 0 Å². The summed E-state index contributed by atoms with van der Waals surface area (Å²) in [5, 5.41) is 4.23. The van der Waals surface area contributed by atoms with Crippen LogP contribution < -0.4 is 5.32 Å². The predicted molar refractivity (Wildman–Crippen MR) is 84.4 cm³/mol. The van der Waals surface area contributed by atoms with Crippen molar-refractivity contribution in [3.63, 3.8) is 0 Å². The van der Waals surface area contributed by atoms with Crippen LogP contribution in [0.1, 0.15) is 38.6 Å². The van der Waals surface area contributed by atoms with Gasteiger partial charge in [-0.05, 0) is 57.8 Å². The Balaban J connectivity index is 2.01. The number of para-hydroxylation sites is 1. The Morgan fingerprint density at radius 2 is 2.10 bits per heavy atom. The van der Waals surface area contributed by atoms with Crippen LogP contribution in [-0.4, -0.2) is 22.6 Å². The lowest BCUT2D eigenvalue weighted by Gasteiger charge is -2.23. The third kappa shape index (κ3) is 2.57. The van der Waals surface area contributed by atoms with Crippen molar-refractivity contribution in [1.82, 2.24) is 14.9 Å². The maximum Gasteiger partial charge on any atom is 0.110 e. The van der Waals surface area contributed by atoms with Crippen molar-refractivity contribution in [2.75, 3.05) is 13.1 Å². The molecule has 1 fully saturated rings. The molecule has 0 aliphatic carbocycles. The molecule has 1 saturated heterocycles. The van der Waals surface area contributed by atoms with Crippen LogP contribution in [0.4, 0.5) is 0 Å². The lowest BCUT2D eigenvalue weighted by molar-refractivity contribution is 0.361. The van der Waals surface area contributed by atoms with Crippen molar-refractivity contribution in [1.29, 1.82) is 0 Å². The number of imidazole rings is 1. The van der Waals surface area contributed by atoms with Crippen LogP contribution in [0.2, 0.25) is 5.02 Å². The molecule has 0 amide bonds. The molecule has 0 atom stereocenters. The second-order valence-corrected chi connectivity index (χ2v) is 6.40. The third-order valence-corrected chi connectivity index (χ3v) is 4.49. The number of aromatic nitrogens is 2. The van der Waals surface area contributed by atoms with Crippen molar-refractivity contribution in [3.8, 4) is 0 Å². The van der Waals surface area contributed by atoms with E-state index in [1.807, 2.05) is 12.1 Å². The molecule has 0 unspecified atom stereocenters. The summed E-state index contributed by atoms with van der Waals surface area (Å²) in [5.41, 5.74) is 2.11. The summed E-state index contributed by atoms with van der Waals surface area (Å²) in [5.74, 6) is 1.93. The minimum absolute atomic E-state index is 0.386. The van der Waals surface area contributed by atoms with Crippen LogP contribution in [-0.2, 0) is 6.42 Å². The van der Waals surface area contributed by atoms with Gasteiger partial charge in [0.1, 0.15) is 5.82 Å². The van der Waals surface area contributed by atoms with Gasteiger partial charge in [-0.2, -0.15) is 0 Å². The van der Waals surface area contributed by atoms with Gasteiger partial charge in [0.05, 0.1) is 16.1 Å². The molecule has 1 aliphatic heterocycles. The molecule has 0 radical (unpaired) electrons. The highest BCUT2D eigenvalue weighted by atomic mass is 35.5. The highest BCUT2D eigenvalue weighted by molar-refractivity contribution is 6.35. The normalized spacial score (nSPS) is 17.2. The SMILES string of the molecule is CC(C)n1c(CC2CCNCC2)nc2cccc(Cl)c21. The molecule has 2 aromatic rings. The predicted octanol–water partition coefficient (Wildman–Crippen LogP) is 3.81. The highest BCUT2D eigenvalue weighted by Gasteiger charge is 2.20. The van der Waals surface area contributed by atoms with E-state index >= 15 is 0 Å². The van der Waals surface area contributed by atoms with Crippen molar-refractivity contribution >= 4 is 22.6 Å². The number of hydrogen-bond acceptors (Lipinski definition) is 2. The van der Waals surface area contributed by atoms with Gasteiger partial charge >= 0.3 is 0 Å². The number of piperidine rings is 1. The molecule has 0 saturated carbocycles. The van der Waals surface area contributed by atoms with Gasteiger partial charge in [0.2, 0.25) is 0 Å². The minimum Gasteiger partial charge on any atom is -0.324 e. The number of rotatable bonds is 3. The van der Waals surface area contributed by atoms with Crippen LogP contribution in [0.25, 0.3) is 11.0 Å². The molecule has 2 heterocycles. The first kappa shape index (κ1) is 13.9. The van der Waals surface area contributed by atoms with E-state index in [1.165, 1.54) is 18.7 Å². The van der Waals surface area contributed by atoms with E-state index in [0.29, 0.717) is 6.04 Å². The Morgan fingerprint density at radius 1 is 1.35 bits per heavy atom. The molecule has 1 aliphatic rings. The van der Waals surface area contributed by atoms with E-state index in [2.05, 4.69) is 29.8 Å². The lowest BCUT2D eigenvalue weighted by Crippen LogP contribution is -2.29. The van der Waals surface area contributed by atoms with Gasteiger partial charge in [-0.15, -0.1) is 0 Å². The van der Waals surface area contributed by atoms with Gasteiger partial charge in [-0.1, -0.05) is 17.7 Å². The summed E-state index contributed by atoms with van der Waals surface area (Å²) in [4.78, 5) is 4.85. The van der Waals surface area contributed by atoms with Gasteiger partial charge in [-0.3, -0.25) is 0 Å². The topological polar surface area (TPSA) is 29.9 Å². The average molecular weight is 292 g/mol. The minimum atomic E-state index is 0.386. The van der Waals surface area contributed by atoms with E-state index in [0.717, 1.165) is 41.5 Å². The van der Waals surface area contributed by atoms with E-state index in [-0.39, 0.29) is 0 Å². The lowest BCUT2D eigenvalue weighted by atomic mass is 9.94. The van der Waals surface area contributed by atoms with Gasteiger partial charge in [0.25, 0.3) is 0 Å². The zero-order valence-corrected chi connectivity index (χ0v) is 13.0. The van der Waals surface area contributed by atoms with Gasteiger partial charge in [0.15, 0.2) is 0 Å². The molecule has 20 heavy (non-hydrogen) atoms. The summed E-state index contributed by atoms with van der Waals surface area (Å²) in [6.07, 6.45) is 3.55. The van der Waals surface area contributed by atoms with Crippen LogP contribution >= 0.6 is 11.6 Å². The monoisotopic (exact) mass is 291 g/mol. The first-order chi connectivity index (χ1) is 9.66. The summed E-state index contributed by atoms with van der Waals surface area (Å²) in [7, 11) is 0. The van der Waals surface area contributed by atoms with E-state index in [1.54, 1.807) is 0 Å². The molecule has 1 N–H and O–H groups in total. The number of nitrogens with one attached hydrogen (secondary N) is 1. The van der Waals surface area contributed by atoms with Crippen LogP contribution in [0.15, 0.2) is 18.2 Å². The number of halogens is 1. The summed E-state index contributed by atoms with van der Waals surface area (Å²) >= 11 is 6.39. The number of benzene rings is 1. The fourth-order valence-corrected chi connectivity index (χ4v) is 3.46. The number of fused-ring (bicyclic) bond motifs is 1. The molecule has 108 valence electrons. The molecular weight excluding hydrogens is 270 g/mol. The molecule has 1 aromatic carbocycles. The molecule has 1 aromatic heterocycles. The van der Waals surface area contributed by atoms with Crippen LogP contribution in [0.3, 0.4) is 0 Å². The van der Waals surface area contributed by atoms with Crippen molar-refractivity contribution in [3.05, 3.63) is 29.0 Å². The van der Waals surface area contributed by atoms with Crippen LogP contribution in [0, 0.1) is 5.92 Å². The van der Waals surface area contributed by atoms with Gasteiger partial charge < -0.3 is 9.88 Å². The van der Waals surface area contributed by atoms with Gasteiger partial charge in [-0.25, -0.2) is 4.98 Å². The van der Waals surface area contributed by atoms with Crippen LogP contribution in [0.5, 0.6) is 0 Å². The van der Waals surface area contributed by atoms with Gasteiger partial charge in [0, 0.05) is 12.5 Å². The Hall–Kier alpha value is -1.06. The largest absolute Gasteiger partial charge is 0.324 e. The first-order valence-electron chi connectivity index (χ1n) is 7.53. The average Bonchev–Trinajstić information content (AvgIpc) is 2.79. The van der Waals surface area contributed by atoms with E-state index < -0.39 is 0 Å². The molecule has 0 spiro atoms. The maximum absolute atomic E-state index is 6.39. The molecule has 4 heteroatoms. The standard InChI is InChI=1S/C16H22ClN3/c1-11(2)20-15(10-12-6-8-18-9-7-12)19-14-5-3-4-13(17)16(14)20/h3-5,11-12,18H,6-10H2,1-2H3. The Labute approximate surface area is 125 Å². The smallest absolute Gasteiger partial charge is 0.110 e. The molecular formula is C16H22ClN3. The first-order valence-corrected chi connectivity index (χ1v) is 7.90. The summed E-state index contributed by atoms with van der Waals surface area (Å²) in [6, 6.07) is 6.39. The van der Waals surface area contributed by atoms with Crippen molar-refractivity contribution in [2.45, 2.75) is 39.2 Å². The van der Waals surface area contributed by atoms with Crippen molar-refractivity contribution in [2.24, 2.45) is 5.92 Å². The Morgan fingerprint density at radius 3 is 2.80 bits per heavy atom. The summed E-state index contributed by atoms with van der Waals surface area (Å²) in [6.45, 7) is 6.67. The fraction of sp³-hybridized carbons (Fsp3) is 0.562. The zero-order chi connectivity index (χ0) is 14.1. The number of hydrogen-bond donors (Lipinski definition) is 1. The zero-order valence-electron chi connectivity index (χ0n) is 12.2.